The number of aliphatic hydroxyl groups is 1. The van der Waals surface area contributed by atoms with E-state index in [0.29, 0.717) is 12.3 Å². The number of esters is 2. The number of aliphatic hydroxyl groups excluding tert-OH is 1. The zero-order chi connectivity index (χ0) is 30.7. The number of hydrogen-bond donors (Lipinski definition) is 2. The maximum Gasteiger partial charge on any atom is 0.330 e. The number of carbonyl (C=O) groups excluding carboxylic acids is 2. The first kappa shape index (κ1) is 31.5. The van der Waals surface area contributed by atoms with Crippen molar-refractivity contribution in [2.45, 2.75) is 119 Å². The molecule has 2 fully saturated rings. The van der Waals surface area contributed by atoms with Crippen molar-refractivity contribution in [3.8, 4) is 0 Å². The van der Waals surface area contributed by atoms with E-state index in [0.717, 1.165) is 25.7 Å². The van der Waals surface area contributed by atoms with Gasteiger partial charge in [0, 0.05) is 30.3 Å². The number of fused-ring (bicyclic) bond motifs is 5. The van der Waals surface area contributed by atoms with Gasteiger partial charge in [-0.2, -0.15) is 0 Å². The summed E-state index contributed by atoms with van der Waals surface area (Å²) in [4.78, 5) is 35.6. The van der Waals surface area contributed by atoms with Crippen LogP contribution in [0.2, 0.25) is 0 Å². The van der Waals surface area contributed by atoms with Gasteiger partial charge < -0.3 is 19.7 Å². The van der Waals surface area contributed by atoms with Crippen LogP contribution < -0.4 is 0 Å². The van der Waals surface area contributed by atoms with Gasteiger partial charge >= 0.3 is 17.9 Å². The van der Waals surface area contributed by atoms with E-state index in [-0.39, 0.29) is 64.2 Å². The third kappa shape index (κ3) is 4.90. The lowest BCUT2D eigenvalue weighted by Gasteiger charge is -2.61. The average molecular weight is 571 g/mol. The smallest absolute Gasteiger partial charge is 0.330 e. The molecule has 4 aliphatic rings. The van der Waals surface area contributed by atoms with Gasteiger partial charge in [0.25, 0.3) is 0 Å². The van der Waals surface area contributed by atoms with E-state index in [1.165, 1.54) is 25.0 Å². The van der Waals surface area contributed by atoms with Gasteiger partial charge in [-0.3, -0.25) is 9.59 Å². The SMILES string of the molecule is CC(=O)OC1CCC2(C)C3=CCC4(C)C(C(C)C(O)C/C=C(\C)C(=O)O)CC(OC(C)=O)C4(C)C3=CCC2C1(C)C. The molecule has 228 valence electrons. The number of aliphatic carboxylic acids is 1. The molecule has 0 radical (unpaired) electrons. The van der Waals surface area contributed by atoms with Crippen LogP contribution in [-0.2, 0) is 23.9 Å². The maximum absolute atomic E-state index is 12.4. The second-order valence-corrected chi connectivity index (χ2v) is 14.5. The Morgan fingerprint density at radius 1 is 1.00 bits per heavy atom. The van der Waals surface area contributed by atoms with Crippen molar-refractivity contribution >= 4 is 17.9 Å². The minimum atomic E-state index is -0.980. The number of rotatable bonds is 7. The van der Waals surface area contributed by atoms with Gasteiger partial charge in [-0.15, -0.1) is 0 Å². The van der Waals surface area contributed by atoms with Gasteiger partial charge in [-0.1, -0.05) is 59.8 Å². The molecule has 4 aliphatic carbocycles. The summed E-state index contributed by atoms with van der Waals surface area (Å²) in [7, 11) is 0. The van der Waals surface area contributed by atoms with Crippen molar-refractivity contribution in [3.63, 3.8) is 0 Å². The second kappa shape index (κ2) is 10.7. The molecule has 0 amide bonds. The number of ether oxygens (including phenoxy) is 2. The van der Waals surface area contributed by atoms with Gasteiger partial charge in [0.2, 0.25) is 0 Å². The van der Waals surface area contributed by atoms with E-state index in [1.54, 1.807) is 13.0 Å². The Balaban J connectivity index is 1.74. The molecule has 0 bridgehead atoms. The van der Waals surface area contributed by atoms with E-state index in [1.807, 2.05) is 6.92 Å². The summed E-state index contributed by atoms with van der Waals surface area (Å²) in [6.45, 7) is 17.9. The number of hydrogen-bond acceptors (Lipinski definition) is 6. The van der Waals surface area contributed by atoms with Crippen molar-refractivity contribution in [3.05, 3.63) is 34.9 Å². The van der Waals surface area contributed by atoms with E-state index in [2.05, 4.69) is 46.8 Å². The normalized spacial score (nSPS) is 39.2. The van der Waals surface area contributed by atoms with Gasteiger partial charge in [0.1, 0.15) is 12.2 Å². The molecule has 0 aromatic heterocycles. The molecule has 4 rings (SSSR count). The summed E-state index contributed by atoms with van der Waals surface area (Å²) in [6.07, 6.45) is 9.51. The summed E-state index contributed by atoms with van der Waals surface area (Å²) in [5.74, 6) is -1.28. The van der Waals surface area contributed by atoms with Crippen molar-refractivity contribution in [2.75, 3.05) is 0 Å². The van der Waals surface area contributed by atoms with Gasteiger partial charge in [0.05, 0.1) is 6.10 Å². The largest absolute Gasteiger partial charge is 0.478 e. The Morgan fingerprint density at radius 3 is 2.20 bits per heavy atom. The fraction of sp³-hybridized carbons (Fsp3) is 0.735. The summed E-state index contributed by atoms with van der Waals surface area (Å²) in [6, 6.07) is 0. The van der Waals surface area contributed by atoms with E-state index < -0.39 is 17.5 Å². The Hall–Kier alpha value is -2.41. The predicted molar refractivity (Wildman–Crippen MR) is 157 cm³/mol. The van der Waals surface area contributed by atoms with Crippen LogP contribution in [0.1, 0.15) is 101 Å². The molecule has 9 unspecified atom stereocenters. The van der Waals surface area contributed by atoms with Crippen molar-refractivity contribution in [2.24, 2.45) is 39.4 Å². The van der Waals surface area contributed by atoms with Crippen molar-refractivity contribution in [1.29, 1.82) is 0 Å². The van der Waals surface area contributed by atoms with Gasteiger partial charge in [-0.25, -0.2) is 4.79 Å². The Kier molecular flexibility index (Phi) is 8.22. The minimum Gasteiger partial charge on any atom is -0.478 e. The Bertz CT molecular complexity index is 1190. The second-order valence-electron chi connectivity index (χ2n) is 14.5. The van der Waals surface area contributed by atoms with Crippen LogP contribution in [0.25, 0.3) is 0 Å². The van der Waals surface area contributed by atoms with Crippen molar-refractivity contribution < 1.29 is 34.1 Å². The molecule has 0 aliphatic heterocycles. The highest BCUT2D eigenvalue weighted by Crippen LogP contribution is 2.72. The number of carboxylic acids is 1. The zero-order valence-electron chi connectivity index (χ0n) is 26.4. The third-order valence-corrected chi connectivity index (χ3v) is 12.2. The lowest BCUT2D eigenvalue weighted by Crippen LogP contribution is -2.56. The highest BCUT2D eigenvalue weighted by molar-refractivity contribution is 5.85. The summed E-state index contributed by atoms with van der Waals surface area (Å²) < 4.78 is 11.9. The molecule has 0 aromatic rings. The molecule has 0 spiro atoms. The van der Waals surface area contributed by atoms with Crippen LogP contribution in [0.15, 0.2) is 34.9 Å². The van der Waals surface area contributed by atoms with Crippen molar-refractivity contribution in [1.82, 2.24) is 0 Å². The lowest BCUT2D eigenvalue weighted by molar-refractivity contribution is -0.166. The summed E-state index contributed by atoms with van der Waals surface area (Å²) >= 11 is 0. The first-order chi connectivity index (χ1) is 18.9. The molecular formula is C34H50O7. The Morgan fingerprint density at radius 2 is 1.61 bits per heavy atom. The van der Waals surface area contributed by atoms with Crippen LogP contribution in [0.4, 0.5) is 0 Å². The first-order valence-electron chi connectivity index (χ1n) is 15.3. The molecule has 0 heterocycles. The monoisotopic (exact) mass is 570 g/mol. The zero-order valence-corrected chi connectivity index (χ0v) is 26.4. The highest BCUT2D eigenvalue weighted by atomic mass is 16.5. The fourth-order valence-electron chi connectivity index (χ4n) is 9.47. The Labute approximate surface area is 245 Å². The minimum absolute atomic E-state index is 0.0609. The maximum atomic E-state index is 12.4. The molecule has 41 heavy (non-hydrogen) atoms. The quantitative estimate of drug-likeness (QED) is 0.269. The fourth-order valence-corrected chi connectivity index (χ4v) is 9.47. The average Bonchev–Trinajstić information content (AvgIpc) is 3.10. The number of allylic oxidation sites excluding steroid dienone is 3. The van der Waals surface area contributed by atoms with E-state index >= 15 is 0 Å². The summed E-state index contributed by atoms with van der Waals surface area (Å²) in [5, 5.41) is 20.5. The van der Waals surface area contributed by atoms with Crippen LogP contribution in [-0.4, -0.2) is 46.4 Å². The highest BCUT2D eigenvalue weighted by Gasteiger charge is 2.68. The van der Waals surface area contributed by atoms with Crippen LogP contribution in [0.5, 0.6) is 0 Å². The summed E-state index contributed by atoms with van der Waals surface area (Å²) in [5.41, 5.74) is 1.82. The van der Waals surface area contributed by atoms with Crippen LogP contribution >= 0.6 is 0 Å². The molecule has 7 heteroatoms. The third-order valence-electron chi connectivity index (χ3n) is 12.2. The van der Waals surface area contributed by atoms with Crippen LogP contribution in [0, 0.1) is 39.4 Å². The van der Waals surface area contributed by atoms with E-state index in [4.69, 9.17) is 9.47 Å². The van der Waals surface area contributed by atoms with E-state index in [9.17, 15) is 24.6 Å². The molecule has 9 atom stereocenters. The topological polar surface area (TPSA) is 110 Å². The molecule has 7 nitrogen and oxygen atoms in total. The first-order valence-corrected chi connectivity index (χ1v) is 15.3. The number of carboxylic acid groups (broad SMARTS) is 1. The molecular weight excluding hydrogens is 520 g/mol. The molecule has 2 N–H and O–H groups in total. The van der Waals surface area contributed by atoms with Gasteiger partial charge in [0.15, 0.2) is 0 Å². The number of carbonyl (C=O) groups is 3. The molecule has 0 saturated heterocycles. The predicted octanol–water partition coefficient (Wildman–Crippen LogP) is 6.40. The standard InChI is InChI=1S/C34H50O7/c1-19(30(38)39)10-12-26(37)20(2)25-18-29(41-22(4)36)34(9)24-11-13-27-31(5,6)28(40-21(3)35)15-16-32(27,7)23(24)14-17-33(25,34)8/h10-11,14,20,25-29,37H,12-13,15-18H2,1-9H3,(H,38,39)/b19-10+. The molecule has 0 aromatic carbocycles. The molecule has 2 saturated carbocycles. The van der Waals surface area contributed by atoms with Crippen LogP contribution in [0.3, 0.4) is 0 Å². The lowest BCUT2D eigenvalue weighted by atomic mass is 9.44. The van der Waals surface area contributed by atoms with Gasteiger partial charge in [-0.05, 0) is 85.2 Å².